The highest BCUT2D eigenvalue weighted by Crippen LogP contribution is 2.26. The van der Waals surface area contributed by atoms with E-state index in [4.69, 9.17) is 28.4 Å². The first-order chi connectivity index (χ1) is 32.1. The van der Waals surface area contributed by atoms with E-state index in [1.807, 2.05) is 0 Å². The van der Waals surface area contributed by atoms with Crippen molar-refractivity contribution in [2.24, 2.45) is 0 Å². The van der Waals surface area contributed by atoms with E-state index in [0.717, 1.165) is 38.5 Å². The van der Waals surface area contributed by atoms with Gasteiger partial charge in [0.1, 0.15) is 54.9 Å². The van der Waals surface area contributed by atoms with Crippen molar-refractivity contribution in [1.82, 2.24) is 0 Å². The summed E-state index contributed by atoms with van der Waals surface area (Å²) in [4.78, 5) is 13.0. The molecular weight excluding hydrogens is 849 g/mol. The number of esters is 1. The van der Waals surface area contributed by atoms with Gasteiger partial charge >= 0.3 is 5.97 Å². The molecule has 0 radical (unpaired) electrons. The molecule has 0 aromatic rings. The molecule has 11 unspecified atom stereocenters. The van der Waals surface area contributed by atoms with Crippen molar-refractivity contribution >= 4 is 5.97 Å². The Labute approximate surface area is 399 Å². The van der Waals surface area contributed by atoms with Gasteiger partial charge in [-0.15, -0.1) is 0 Å². The second-order valence-corrected chi connectivity index (χ2v) is 19.1. The van der Waals surface area contributed by atoms with Crippen LogP contribution in [0.5, 0.6) is 0 Å². The summed E-state index contributed by atoms with van der Waals surface area (Å²) >= 11 is 0. The fraction of sp³-hybridized carbons (Fsp3) is 0.942. The van der Waals surface area contributed by atoms with Crippen LogP contribution in [0.1, 0.15) is 213 Å². The summed E-state index contributed by atoms with van der Waals surface area (Å²) < 4.78 is 34.3. The minimum absolute atomic E-state index is 0.0659. The van der Waals surface area contributed by atoms with Crippen LogP contribution in [-0.4, -0.2) is 142 Å². The number of ether oxygens (including phenoxy) is 6. The van der Waals surface area contributed by atoms with Crippen molar-refractivity contribution in [2.45, 2.75) is 280 Å². The number of hydrogen-bond donors (Lipinski definition) is 7. The molecule has 14 nitrogen and oxygen atoms in total. The van der Waals surface area contributed by atoms with Crippen LogP contribution in [-0.2, 0) is 33.2 Å². The van der Waals surface area contributed by atoms with Gasteiger partial charge in [0.2, 0.25) is 0 Å². The van der Waals surface area contributed by atoms with E-state index in [1.165, 1.54) is 148 Å². The standard InChI is InChI=1S/C52H98O14/c1-3-5-7-9-11-13-15-16-17-18-19-20-21-22-23-24-25-26-28-30-32-34-36-61-38-41(64-44(54)35-33-31-29-27-14-12-10-8-6-4-2)39-62-51-50(60)48(58)46(56)43(66-51)40-63-52-49(59)47(57)45(55)42(37-53)65-52/h18-19,41-43,45-53,55-60H,3-17,20-40H2,1-2H3/b19-18-. The van der Waals surface area contributed by atoms with Gasteiger partial charge in [-0.3, -0.25) is 4.79 Å². The number of aliphatic hydroxyl groups is 7. The molecule has 390 valence electrons. The molecular formula is C52H98O14. The predicted octanol–water partition coefficient (Wildman–Crippen LogP) is 8.24. The van der Waals surface area contributed by atoms with Gasteiger partial charge in [0.05, 0.1) is 26.4 Å². The number of rotatable bonds is 43. The number of carbonyl (C=O) groups excluding carboxylic acids is 1. The molecule has 2 aliphatic rings. The molecule has 2 rings (SSSR count). The monoisotopic (exact) mass is 947 g/mol. The third-order valence-electron chi connectivity index (χ3n) is 13.0. The minimum atomic E-state index is -1.70. The molecule has 2 heterocycles. The normalized spacial score (nSPS) is 26.3. The first kappa shape index (κ1) is 60.9. The van der Waals surface area contributed by atoms with E-state index >= 15 is 0 Å². The largest absolute Gasteiger partial charge is 0.457 e. The average Bonchev–Trinajstić information content (AvgIpc) is 3.31. The SMILES string of the molecule is CCCCCCCCCC/C=C\CCCCCCCCCCCCOCC(COC1OC(COC2OC(CO)C(O)C(O)C2O)C(O)C(O)C1O)OC(=O)CCCCCCCCCCCC. The van der Waals surface area contributed by atoms with Crippen LogP contribution in [0.3, 0.4) is 0 Å². The van der Waals surface area contributed by atoms with Gasteiger partial charge in [0.25, 0.3) is 0 Å². The second kappa shape index (κ2) is 40.5. The molecule has 14 heteroatoms. The maximum atomic E-state index is 13.0. The van der Waals surface area contributed by atoms with Gasteiger partial charge in [-0.25, -0.2) is 0 Å². The topological polar surface area (TPSA) is 214 Å². The van der Waals surface area contributed by atoms with Crippen molar-refractivity contribution in [1.29, 1.82) is 0 Å². The van der Waals surface area contributed by atoms with Crippen molar-refractivity contribution < 1.29 is 69.0 Å². The van der Waals surface area contributed by atoms with Crippen molar-refractivity contribution in [3.63, 3.8) is 0 Å². The van der Waals surface area contributed by atoms with E-state index in [0.29, 0.717) is 13.0 Å². The van der Waals surface area contributed by atoms with Crippen LogP contribution >= 0.6 is 0 Å². The van der Waals surface area contributed by atoms with Crippen LogP contribution in [0.4, 0.5) is 0 Å². The third kappa shape index (κ3) is 27.8. The van der Waals surface area contributed by atoms with E-state index in [1.54, 1.807) is 0 Å². The summed E-state index contributed by atoms with van der Waals surface area (Å²) in [5, 5.41) is 72.1. The smallest absolute Gasteiger partial charge is 0.306 e. The summed E-state index contributed by atoms with van der Waals surface area (Å²) in [6, 6.07) is 0. The molecule has 0 aromatic heterocycles. The summed E-state index contributed by atoms with van der Waals surface area (Å²) in [7, 11) is 0. The predicted molar refractivity (Wildman–Crippen MR) is 257 cm³/mol. The maximum Gasteiger partial charge on any atom is 0.306 e. The minimum Gasteiger partial charge on any atom is -0.457 e. The zero-order valence-electron chi connectivity index (χ0n) is 41.4. The number of aliphatic hydroxyl groups excluding tert-OH is 7. The molecule has 7 N–H and O–H groups in total. The van der Waals surface area contributed by atoms with E-state index < -0.39 is 80.7 Å². The molecule has 0 amide bonds. The van der Waals surface area contributed by atoms with Gasteiger partial charge in [-0.2, -0.15) is 0 Å². The second-order valence-electron chi connectivity index (χ2n) is 19.1. The number of carbonyl (C=O) groups is 1. The molecule has 66 heavy (non-hydrogen) atoms. The van der Waals surface area contributed by atoms with Gasteiger partial charge in [0.15, 0.2) is 12.6 Å². The summed E-state index contributed by atoms with van der Waals surface area (Å²) in [5.41, 5.74) is 0. The van der Waals surface area contributed by atoms with Crippen molar-refractivity contribution in [2.75, 3.05) is 33.0 Å². The Balaban J connectivity index is 1.70. The lowest BCUT2D eigenvalue weighted by atomic mass is 9.98. The first-order valence-corrected chi connectivity index (χ1v) is 26.8. The third-order valence-corrected chi connectivity index (χ3v) is 13.0. The first-order valence-electron chi connectivity index (χ1n) is 26.8. The Morgan fingerprint density at radius 3 is 1.38 bits per heavy atom. The molecule has 2 aliphatic heterocycles. The van der Waals surface area contributed by atoms with Crippen LogP contribution in [0.2, 0.25) is 0 Å². The molecule has 0 saturated carbocycles. The number of hydrogen-bond acceptors (Lipinski definition) is 14. The lowest BCUT2D eigenvalue weighted by molar-refractivity contribution is -0.332. The van der Waals surface area contributed by atoms with E-state index in [9.17, 15) is 40.5 Å². The fourth-order valence-electron chi connectivity index (χ4n) is 8.63. The highest BCUT2D eigenvalue weighted by Gasteiger charge is 2.47. The zero-order chi connectivity index (χ0) is 48.0. The quantitative estimate of drug-likeness (QED) is 0.0174. The zero-order valence-corrected chi connectivity index (χ0v) is 41.4. The molecule has 0 bridgehead atoms. The van der Waals surface area contributed by atoms with E-state index in [-0.39, 0.29) is 25.6 Å². The Hall–Kier alpha value is -1.27. The highest BCUT2D eigenvalue weighted by atomic mass is 16.7. The Morgan fingerprint density at radius 1 is 0.485 bits per heavy atom. The Morgan fingerprint density at radius 2 is 0.894 bits per heavy atom. The number of unbranched alkanes of at least 4 members (excludes halogenated alkanes) is 27. The van der Waals surface area contributed by atoms with E-state index in [2.05, 4.69) is 26.0 Å². The summed E-state index contributed by atoms with van der Waals surface area (Å²) in [6.07, 6.45) is 25.7. The summed E-state index contributed by atoms with van der Waals surface area (Å²) in [5.74, 6) is -0.376. The average molecular weight is 947 g/mol. The lowest BCUT2D eigenvalue weighted by Crippen LogP contribution is -2.61. The molecule has 0 spiro atoms. The molecule has 11 atom stereocenters. The van der Waals surface area contributed by atoms with Gasteiger partial charge in [0, 0.05) is 13.0 Å². The molecule has 0 aliphatic carbocycles. The van der Waals surface area contributed by atoms with Crippen LogP contribution in [0, 0.1) is 0 Å². The summed E-state index contributed by atoms with van der Waals surface area (Å²) in [6.45, 7) is 3.70. The Kier molecular flexibility index (Phi) is 37.3. The molecule has 0 aromatic carbocycles. The maximum absolute atomic E-state index is 13.0. The fourth-order valence-corrected chi connectivity index (χ4v) is 8.63. The van der Waals surface area contributed by atoms with Crippen molar-refractivity contribution in [3.8, 4) is 0 Å². The van der Waals surface area contributed by atoms with Gasteiger partial charge in [-0.1, -0.05) is 180 Å². The lowest BCUT2D eigenvalue weighted by Gasteiger charge is -2.42. The Bertz CT molecular complexity index is 1140. The molecule has 2 fully saturated rings. The number of allylic oxidation sites excluding steroid dienone is 2. The van der Waals surface area contributed by atoms with Gasteiger partial charge in [-0.05, 0) is 38.5 Å². The van der Waals surface area contributed by atoms with Crippen LogP contribution < -0.4 is 0 Å². The molecule has 2 saturated heterocycles. The van der Waals surface area contributed by atoms with Crippen LogP contribution in [0.25, 0.3) is 0 Å². The van der Waals surface area contributed by atoms with Crippen LogP contribution in [0.15, 0.2) is 12.2 Å². The highest BCUT2D eigenvalue weighted by molar-refractivity contribution is 5.69. The van der Waals surface area contributed by atoms with Gasteiger partial charge < -0.3 is 64.2 Å². The van der Waals surface area contributed by atoms with Crippen molar-refractivity contribution in [3.05, 3.63) is 12.2 Å².